The van der Waals surface area contributed by atoms with Gasteiger partial charge in [0.2, 0.25) is 0 Å². The molecular formula is C21H32N2O4. The van der Waals surface area contributed by atoms with Crippen LogP contribution in [-0.4, -0.2) is 56.6 Å². The Morgan fingerprint density at radius 1 is 1.19 bits per heavy atom. The van der Waals surface area contributed by atoms with E-state index in [1.54, 1.807) is 12.0 Å². The number of piperidine rings is 1. The molecule has 0 spiro atoms. The molecule has 2 N–H and O–H groups in total. The Morgan fingerprint density at radius 2 is 1.96 bits per heavy atom. The van der Waals surface area contributed by atoms with E-state index in [4.69, 9.17) is 19.9 Å². The van der Waals surface area contributed by atoms with Gasteiger partial charge in [-0.05, 0) is 62.1 Å². The average molecular weight is 376 g/mol. The Kier molecular flexibility index (Phi) is 6.96. The van der Waals surface area contributed by atoms with E-state index in [9.17, 15) is 4.79 Å². The molecule has 1 aromatic rings. The summed E-state index contributed by atoms with van der Waals surface area (Å²) in [7, 11) is 3.12. The van der Waals surface area contributed by atoms with E-state index in [-0.39, 0.29) is 24.3 Å². The summed E-state index contributed by atoms with van der Waals surface area (Å²) in [5.41, 5.74) is 7.61. The van der Waals surface area contributed by atoms with Gasteiger partial charge in [0.15, 0.2) is 0 Å². The Morgan fingerprint density at radius 3 is 2.67 bits per heavy atom. The van der Waals surface area contributed by atoms with Gasteiger partial charge in [0.05, 0.1) is 33.0 Å². The van der Waals surface area contributed by atoms with E-state index in [1.165, 1.54) is 12.7 Å². The molecule has 27 heavy (non-hydrogen) atoms. The number of nitrogens with zero attached hydrogens (tertiary/aromatic N) is 1. The summed E-state index contributed by atoms with van der Waals surface area (Å²) in [5, 5.41) is 0. The van der Waals surface area contributed by atoms with Crippen molar-refractivity contribution in [1.29, 1.82) is 0 Å². The van der Waals surface area contributed by atoms with Crippen molar-refractivity contribution in [2.45, 2.75) is 62.6 Å². The molecule has 1 saturated heterocycles. The summed E-state index contributed by atoms with van der Waals surface area (Å²) in [5.74, 6) is 1.48. The van der Waals surface area contributed by atoms with Crippen LogP contribution in [0.5, 0.6) is 5.75 Å². The first kappa shape index (κ1) is 20.0. The molecule has 1 heterocycles. The van der Waals surface area contributed by atoms with Crippen LogP contribution in [0.4, 0.5) is 4.79 Å². The number of carbonyl (C=O) groups is 1. The molecule has 3 rings (SSSR count). The Labute approximate surface area is 161 Å². The number of likely N-dealkylation sites (tertiary alicyclic amines) is 1. The molecule has 0 aromatic heterocycles. The number of benzene rings is 1. The van der Waals surface area contributed by atoms with Gasteiger partial charge in [-0.15, -0.1) is 0 Å². The minimum absolute atomic E-state index is 0.0500. The molecule has 1 amide bonds. The molecule has 1 aromatic carbocycles. The van der Waals surface area contributed by atoms with Gasteiger partial charge in [-0.2, -0.15) is 0 Å². The smallest absolute Gasteiger partial charge is 0.409 e. The number of hydrogen-bond acceptors (Lipinski definition) is 5. The fraction of sp³-hybridized carbons (Fsp3) is 0.667. The topological polar surface area (TPSA) is 74.0 Å². The zero-order chi connectivity index (χ0) is 19.2. The lowest BCUT2D eigenvalue weighted by Gasteiger charge is -2.39. The fourth-order valence-corrected chi connectivity index (χ4v) is 4.34. The third-order valence-electron chi connectivity index (χ3n) is 5.98. The Hall–Kier alpha value is -1.79. The highest BCUT2D eigenvalue weighted by molar-refractivity contribution is 5.68. The van der Waals surface area contributed by atoms with Gasteiger partial charge in [-0.3, -0.25) is 0 Å². The van der Waals surface area contributed by atoms with Crippen molar-refractivity contribution >= 4 is 6.09 Å². The van der Waals surface area contributed by atoms with Gasteiger partial charge >= 0.3 is 6.09 Å². The predicted octanol–water partition coefficient (Wildman–Crippen LogP) is 3.30. The monoisotopic (exact) mass is 376 g/mol. The molecule has 6 nitrogen and oxygen atoms in total. The molecule has 2 fully saturated rings. The molecule has 1 aliphatic carbocycles. The lowest BCUT2D eigenvalue weighted by molar-refractivity contribution is -0.0229. The SMILES string of the molecule is COC(=O)N1CCC[C@H](N)[C@@H]1COC1CCC(c2cccc(OC)c2)CC1. The molecule has 150 valence electrons. The molecule has 1 saturated carbocycles. The van der Waals surface area contributed by atoms with Gasteiger partial charge in [0.25, 0.3) is 0 Å². The van der Waals surface area contributed by atoms with Crippen LogP contribution in [0.3, 0.4) is 0 Å². The number of methoxy groups -OCH3 is 2. The summed E-state index contributed by atoms with van der Waals surface area (Å²) >= 11 is 0. The number of ether oxygens (including phenoxy) is 3. The standard InChI is InChI=1S/C21H32N2O4/c1-25-18-6-3-5-16(13-18)15-8-10-17(11-9-15)27-14-20-19(22)7-4-12-23(20)21(24)26-2/h3,5-6,13,15,17,19-20H,4,7-12,14,22H2,1-2H3/t15?,17?,19-,20-/m0/s1. The van der Waals surface area contributed by atoms with Crippen LogP contribution in [0.25, 0.3) is 0 Å². The summed E-state index contributed by atoms with van der Waals surface area (Å²) in [6.45, 7) is 1.18. The van der Waals surface area contributed by atoms with Crippen molar-refractivity contribution in [2.24, 2.45) is 5.73 Å². The van der Waals surface area contributed by atoms with Crippen molar-refractivity contribution < 1.29 is 19.0 Å². The fourth-order valence-electron chi connectivity index (χ4n) is 4.34. The zero-order valence-corrected chi connectivity index (χ0v) is 16.4. The van der Waals surface area contributed by atoms with Crippen LogP contribution in [0, 0.1) is 0 Å². The van der Waals surface area contributed by atoms with Gasteiger partial charge in [-0.1, -0.05) is 12.1 Å². The van der Waals surface area contributed by atoms with Crippen LogP contribution in [-0.2, 0) is 9.47 Å². The van der Waals surface area contributed by atoms with Crippen molar-refractivity contribution in [2.75, 3.05) is 27.4 Å². The minimum atomic E-state index is -0.305. The van der Waals surface area contributed by atoms with Crippen molar-refractivity contribution in [3.8, 4) is 5.75 Å². The van der Waals surface area contributed by atoms with E-state index in [1.807, 2.05) is 6.07 Å². The third kappa shape index (κ3) is 4.93. The van der Waals surface area contributed by atoms with Crippen molar-refractivity contribution in [3.05, 3.63) is 29.8 Å². The molecule has 2 atom stereocenters. The molecule has 6 heteroatoms. The maximum Gasteiger partial charge on any atom is 0.409 e. The lowest BCUT2D eigenvalue weighted by Crippen LogP contribution is -2.56. The summed E-state index contributed by atoms with van der Waals surface area (Å²) < 4.78 is 16.4. The number of amides is 1. The first-order valence-electron chi connectivity index (χ1n) is 9.98. The van der Waals surface area contributed by atoms with E-state index in [0.29, 0.717) is 19.1 Å². The highest BCUT2D eigenvalue weighted by Gasteiger charge is 2.34. The third-order valence-corrected chi connectivity index (χ3v) is 5.98. The predicted molar refractivity (Wildman–Crippen MR) is 104 cm³/mol. The maximum atomic E-state index is 12.0. The first-order chi connectivity index (χ1) is 13.1. The number of hydrogen-bond donors (Lipinski definition) is 1. The van der Waals surface area contributed by atoms with E-state index in [0.717, 1.165) is 44.3 Å². The molecular weight excluding hydrogens is 344 g/mol. The van der Waals surface area contributed by atoms with Crippen LogP contribution in [0.1, 0.15) is 50.0 Å². The van der Waals surface area contributed by atoms with Crippen LogP contribution in [0.2, 0.25) is 0 Å². The van der Waals surface area contributed by atoms with E-state index >= 15 is 0 Å². The second-order valence-corrected chi connectivity index (χ2v) is 7.62. The van der Waals surface area contributed by atoms with Gasteiger partial charge in [-0.25, -0.2) is 4.79 Å². The second kappa shape index (κ2) is 9.42. The number of nitrogens with two attached hydrogens (primary N) is 1. The second-order valence-electron chi connectivity index (χ2n) is 7.62. The highest BCUT2D eigenvalue weighted by Crippen LogP contribution is 2.35. The first-order valence-corrected chi connectivity index (χ1v) is 9.98. The van der Waals surface area contributed by atoms with Crippen LogP contribution in [0.15, 0.2) is 24.3 Å². The van der Waals surface area contributed by atoms with Gasteiger partial charge in [0.1, 0.15) is 5.75 Å². The van der Waals surface area contributed by atoms with Crippen LogP contribution >= 0.6 is 0 Å². The Balaban J connectivity index is 1.50. The summed E-state index contributed by atoms with van der Waals surface area (Å²) in [6, 6.07) is 8.22. The van der Waals surface area contributed by atoms with E-state index in [2.05, 4.69) is 18.2 Å². The average Bonchev–Trinajstić information content (AvgIpc) is 2.72. The molecule has 0 unspecified atom stereocenters. The summed E-state index contributed by atoms with van der Waals surface area (Å²) in [4.78, 5) is 13.7. The summed E-state index contributed by atoms with van der Waals surface area (Å²) in [6.07, 6.45) is 6.04. The van der Waals surface area contributed by atoms with Gasteiger partial charge < -0.3 is 24.8 Å². The van der Waals surface area contributed by atoms with Crippen molar-refractivity contribution in [3.63, 3.8) is 0 Å². The van der Waals surface area contributed by atoms with Crippen molar-refractivity contribution in [1.82, 2.24) is 4.90 Å². The van der Waals surface area contributed by atoms with E-state index < -0.39 is 0 Å². The highest BCUT2D eigenvalue weighted by atomic mass is 16.5. The van der Waals surface area contributed by atoms with Crippen LogP contribution < -0.4 is 10.5 Å². The zero-order valence-electron chi connectivity index (χ0n) is 16.4. The maximum absolute atomic E-state index is 12.0. The number of rotatable bonds is 5. The quantitative estimate of drug-likeness (QED) is 0.853. The molecule has 0 radical (unpaired) electrons. The normalized spacial score (nSPS) is 28.6. The lowest BCUT2D eigenvalue weighted by atomic mass is 9.82. The number of carbonyl (C=O) groups excluding carboxylic acids is 1. The molecule has 1 aliphatic heterocycles. The molecule has 2 aliphatic rings. The molecule has 0 bridgehead atoms. The minimum Gasteiger partial charge on any atom is -0.497 e. The van der Waals surface area contributed by atoms with Gasteiger partial charge in [0, 0.05) is 12.6 Å². The largest absolute Gasteiger partial charge is 0.497 e. The Bertz CT molecular complexity index is 616.